The molecule has 21 heavy (non-hydrogen) atoms. The molecule has 0 fully saturated rings. The van der Waals surface area contributed by atoms with Gasteiger partial charge in [0.1, 0.15) is 5.71 Å². The highest BCUT2D eigenvalue weighted by Gasteiger charge is 2.28. The first-order valence-corrected chi connectivity index (χ1v) is 8.07. The lowest BCUT2D eigenvalue weighted by molar-refractivity contribution is -0.110. The lowest BCUT2D eigenvalue weighted by Crippen LogP contribution is -2.14. The minimum atomic E-state index is -0.217. The quantitative estimate of drug-likeness (QED) is 0.663. The van der Waals surface area contributed by atoms with E-state index in [1.165, 1.54) is 0 Å². The molecule has 0 radical (unpaired) electrons. The van der Waals surface area contributed by atoms with Crippen molar-refractivity contribution in [1.82, 2.24) is 0 Å². The van der Waals surface area contributed by atoms with Crippen LogP contribution in [0, 0.1) is 6.92 Å². The summed E-state index contributed by atoms with van der Waals surface area (Å²) in [6.07, 6.45) is 0. The van der Waals surface area contributed by atoms with Crippen molar-refractivity contribution >= 4 is 66.5 Å². The van der Waals surface area contributed by atoms with E-state index < -0.39 is 0 Å². The first-order valence-electron chi connectivity index (χ1n) is 6.11. The average molecular weight is 429 g/mol. The zero-order valence-electron chi connectivity index (χ0n) is 10.9. The first kappa shape index (κ1) is 14.8. The van der Waals surface area contributed by atoms with E-state index in [0.717, 1.165) is 25.8 Å². The Morgan fingerprint density at radius 2 is 1.90 bits per heavy atom. The monoisotopic (exact) mass is 426 g/mol. The summed E-state index contributed by atoms with van der Waals surface area (Å²) in [4.78, 5) is 16.6. The van der Waals surface area contributed by atoms with Crippen molar-refractivity contribution < 1.29 is 4.79 Å². The van der Waals surface area contributed by atoms with Gasteiger partial charge in [0.05, 0.1) is 16.4 Å². The van der Waals surface area contributed by atoms with E-state index in [1.807, 2.05) is 25.1 Å². The van der Waals surface area contributed by atoms with Crippen LogP contribution >= 0.6 is 43.5 Å². The number of halogens is 3. The Morgan fingerprint density at radius 1 is 1.14 bits per heavy atom. The van der Waals surface area contributed by atoms with Crippen LogP contribution in [0.5, 0.6) is 0 Å². The van der Waals surface area contributed by atoms with Crippen molar-refractivity contribution in [2.75, 3.05) is 5.32 Å². The molecule has 0 spiro atoms. The molecule has 1 aliphatic rings. The van der Waals surface area contributed by atoms with Crippen LogP contribution in [0.3, 0.4) is 0 Å². The summed E-state index contributed by atoms with van der Waals surface area (Å²) in [5.74, 6) is -0.217. The van der Waals surface area contributed by atoms with Crippen molar-refractivity contribution in [3.63, 3.8) is 0 Å². The van der Waals surface area contributed by atoms with E-state index in [9.17, 15) is 4.79 Å². The Labute approximate surface area is 143 Å². The van der Waals surface area contributed by atoms with Crippen molar-refractivity contribution in [2.45, 2.75) is 6.92 Å². The van der Waals surface area contributed by atoms with E-state index in [-0.39, 0.29) is 5.91 Å². The van der Waals surface area contributed by atoms with Gasteiger partial charge in [0.25, 0.3) is 5.91 Å². The topological polar surface area (TPSA) is 41.5 Å². The number of rotatable bonds is 1. The molecule has 1 N–H and O–H groups in total. The zero-order chi connectivity index (χ0) is 15.1. The summed E-state index contributed by atoms with van der Waals surface area (Å²) in [6, 6.07) is 9.20. The molecule has 0 atom stereocenters. The van der Waals surface area contributed by atoms with Crippen LogP contribution in [0.2, 0.25) is 5.02 Å². The van der Waals surface area contributed by atoms with Crippen molar-refractivity contribution in [1.29, 1.82) is 0 Å². The Bertz CT molecular complexity index is 803. The van der Waals surface area contributed by atoms with E-state index in [1.54, 1.807) is 12.1 Å². The molecule has 6 heteroatoms. The number of nitrogens with one attached hydrogen (secondary N) is 1. The summed E-state index contributed by atoms with van der Waals surface area (Å²) < 4.78 is 1.77. The fourth-order valence-corrected chi connectivity index (χ4v) is 3.48. The van der Waals surface area contributed by atoms with Gasteiger partial charge in [0, 0.05) is 14.5 Å². The maximum atomic E-state index is 12.2. The van der Waals surface area contributed by atoms with Crippen LogP contribution in [0.4, 0.5) is 11.4 Å². The van der Waals surface area contributed by atoms with Gasteiger partial charge in [-0.2, -0.15) is 0 Å². The number of nitrogens with zero attached hydrogens (tertiary/aromatic N) is 1. The molecular formula is C15H9Br2ClN2O. The summed E-state index contributed by atoms with van der Waals surface area (Å²) in [7, 11) is 0. The second-order valence-corrected chi connectivity index (χ2v) is 6.89. The minimum Gasteiger partial charge on any atom is -0.320 e. The maximum Gasteiger partial charge on any atom is 0.275 e. The summed E-state index contributed by atoms with van der Waals surface area (Å²) >= 11 is 13.0. The van der Waals surface area contributed by atoms with Gasteiger partial charge in [0.15, 0.2) is 0 Å². The average Bonchev–Trinajstić information content (AvgIpc) is 2.70. The zero-order valence-corrected chi connectivity index (χ0v) is 14.8. The van der Waals surface area contributed by atoms with E-state index in [4.69, 9.17) is 11.6 Å². The van der Waals surface area contributed by atoms with Crippen molar-refractivity contribution in [2.24, 2.45) is 4.99 Å². The normalized spacial score (nSPS) is 15.2. The Hall–Kier alpha value is -1.17. The number of anilines is 1. The van der Waals surface area contributed by atoms with Crippen LogP contribution in [0.25, 0.3) is 0 Å². The Kier molecular flexibility index (Phi) is 3.90. The van der Waals surface area contributed by atoms with Gasteiger partial charge in [-0.25, -0.2) is 4.99 Å². The number of hydrogen-bond acceptors (Lipinski definition) is 2. The predicted octanol–water partition coefficient (Wildman–Crippen LogP) is 5.25. The highest BCUT2D eigenvalue weighted by molar-refractivity contribution is 9.10. The predicted molar refractivity (Wildman–Crippen MR) is 92.9 cm³/mol. The largest absolute Gasteiger partial charge is 0.320 e. The molecule has 1 aliphatic heterocycles. The third-order valence-electron chi connectivity index (χ3n) is 3.15. The van der Waals surface area contributed by atoms with Gasteiger partial charge in [-0.1, -0.05) is 43.5 Å². The van der Waals surface area contributed by atoms with Crippen molar-refractivity contribution in [3.8, 4) is 0 Å². The fourth-order valence-electron chi connectivity index (χ4n) is 2.19. The summed E-state index contributed by atoms with van der Waals surface area (Å²) in [6.45, 7) is 1.94. The van der Waals surface area contributed by atoms with Crippen LogP contribution in [0.15, 0.2) is 44.3 Å². The molecule has 2 aromatic rings. The molecule has 3 rings (SSSR count). The van der Waals surface area contributed by atoms with E-state index >= 15 is 0 Å². The fraction of sp³-hybridized carbons (Fsp3) is 0.0667. The summed E-state index contributed by atoms with van der Waals surface area (Å²) in [5, 5.41) is 3.34. The van der Waals surface area contributed by atoms with Gasteiger partial charge < -0.3 is 5.32 Å². The SMILES string of the molecule is Cc1cc(Br)cc2c1NC(=O)C2=Nc1ccc(Br)cc1Cl. The van der Waals surface area contributed by atoms with Crippen LogP contribution in [-0.4, -0.2) is 11.6 Å². The molecular weight excluding hydrogens is 419 g/mol. The molecule has 0 bridgehead atoms. The third kappa shape index (κ3) is 2.78. The van der Waals surface area contributed by atoms with Crippen LogP contribution < -0.4 is 5.32 Å². The number of fused-ring (bicyclic) bond motifs is 1. The molecule has 1 heterocycles. The van der Waals surface area contributed by atoms with Gasteiger partial charge in [0.2, 0.25) is 0 Å². The van der Waals surface area contributed by atoms with Gasteiger partial charge >= 0.3 is 0 Å². The van der Waals surface area contributed by atoms with Crippen LogP contribution in [0.1, 0.15) is 11.1 Å². The highest BCUT2D eigenvalue weighted by atomic mass is 79.9. The molecule has 0 aromatic heterocycles. The van der Waals surface area contributed by atoms with Gasteiger partial charge in [-0.3, -0.25) is 4.79 Å². The molecule has 0 saturated carbocycles. The lowest BCUT2D eigenvalue weighted by Gasteiger charge is -2.04. The summed E-state index contributed by atoms with van der Waals surface area (Å²) in [5.41, 5.74) is 3.51. The Balaban J connectivity index is 2.16. The first-order chi connectivity index (χ1) is 9.95. The highest BCUT2D eigenvalue weighted by Crippen LogP contribution is 2.34. The van der Waals surface area contributed by atoms with Gasteiger partial charge in [-0.15, -0.1) is 0 Å². The van der Waals surface area contributed by atoms with E-state index in [2.05, 4.69) is 42.2 Å². The number of carbonyl (C=O) groups is 1. The molecule has 0 saturated heterocycles. The Morgan fingerprint density at radius 3 is 2.62 bits per heavy atom. The van der Waals surface area contributed by atoms with E-state index in [0.29, 0.717) is 16.4 Å². The lowest BCUT2D eigenvalue weighted by atomic mass is 10.1. The molecule has 0 aliphatic carbocycles. The minimum absolute atomic E-state index is 0.217. The number of hydrogen-bond donors (Lipinski definition) is 1. The number of carbonyl (C=O) groups excluding carboxylic acids is 1. The number of aryl methyl sites for hydroxylation is 1. The molecule has 106 valence electrons. The molecule has 2 aromatic carbocycles. The van der Waals surface area contributed by atoms with Gasteiger partial charge in [-0.05, 0) is 42.8 Å². The van der Waals surface area contributed by atoms with Crippen LogP contribution in [-0.2, 0) is 4.79 Å². The molecule has 3 nitrogen and oxygen atoms in total. The second kappa shape index (κ2) is 5.55. The smallest absolute Gasteiger partial charge is 0.275 e. The standard InChI is InChI=1S/C15H9Br2ClN2O/c1-7-4-9(17)5-10-13(7)20-15(21)14(10)19-12-3-2-8(16)6-11(12)18/h2-6H,1H3,(H,19,20,21). The number of benzene rings is 2. The maximum absolute atomic E-state index is 12.2. The third-order valence-corrected chi connectivity index (χ3v) is 4.40. The second-order valence-electron chi connectivity index (χ2n) is 4.66. The number of amides is 1. The molecule has 1 amide bonds. The van der Waals surface area contributed by atoms with Crippen molar-refractivity contribution in [3.05, 3.63) is 55.4 Å². The number of aliphatic imine (C=N–C) groups is 1. The molecule has 0 unspecified atom stereocenters.